The summed E-state index contributed by atoms with van der Waals surface area (Å²) in [7, 11) is -3.22. The molecule has 9 rings (SSSR count). The van der Waals surface area contributed by atoms with E-state index in [1.54, 1.807) is 26.0 Å². The summed E-state index contributed by atoms with van der Waals surface area (Å²) >= 11 is 0. The number of aromatic nitrogens is 3. The summed E-state index contributed by atoms with van der Waals surface area (Å²) < 4.78 is 62.7. The van der Waals surface area contributed by atoms with Gasteiger partial charge >= 0.3 is 5.69 Å². The predicted molar refractivity (Wildman–Crippen MR) is 268 cm³/mol. The molecule has 4 N–H and O–H groups in total. The number of nitrogens with one attached hydrogen (secondary N) is 3. The Bertz CT molecular complexity index is 2870. The van der Waals surface area contributed by atoms with E-state index in [0.717, 1.165) is 63.2 Å². The van der Waals surface area contributed by atoms with E-state index in [0.29, 0.717) is 50.1 Å². The molecule has 17 nitrogen and oxygen atoms in total. The molecule has 4 aliphatic rings. The minimum Gasteiger partial charge on any atom is -0.472 e. The van der Waals surface area contributed by atoms with E-state index in [2.05, 4.69) is 72.9 Å². The minimum absolute atomic E-state index is 0.0262. The van der Waals surface area contributed by atoms with Crippen molar-refractivity contribution in [2.24, 2.45) is 11.3 Å². The summed E-state index contributed by atoms with van der Waals surface area (Å²) in [5.74, 6) is -0.793. The van der Waals surface area contributed by atoms with Crippen LogP contribution < -0.4 is 24.4 Å². The van der Waals surface area contributed by atoms with Crippen molar-refractivity contribution in [2.45, 2.75) is 120 Å². The molecule has 2 aromatic carbocycles. The number of amides is 1. The highest BCUT2D eigenvalue weighted by Crippen LogP contribution is 2.49. The molecule has 71 heavy (non-hydrogen) atoms. The highest BCUT2D eigenvalue weighted by Gasteiger charge is 2.49. The number of rotatable bonds is 17. The van der Waals surface area contributed by atoms with Gasteiger partial charge in [0.2, 0.25) is 5.82 Å². The van der Waals surface area contributed by atoms with Crippen LogP contribution in [0.5, 0.6) is 17.4 Å². The first-order valence-corrected chi connectivity index (χ1v) is 26.3. The van der Waals surface area contributed by atoms with Gasteiger partial charge in [-0.25, -0.2) is 22.5 Å². The van der Waals surface area contributed by atoms with Crippen LogP contribution in [0.1, 0.15) is 119 Å². The molecule has 380 valence electrons. The summed E-state index contributed by atoms with van der Waals surface area (Å²) in [6.45, 7) is 12.1. The Labute approximate surface area is 414 Å². The molecule has 0 bridgehead atoms. The fourth-order valence-electron chi connectivity index (χ4n) is 11.1. The van der Waals surface area contributed by atoms with E-state index in [-0.39, 0.29) is 63.8 Å². The molecule has 5 heterocycles. The molecule has 2 saturated heterocycles. The zero-order valence-corrected chi connectivity index (χ0v) is 41.9. The van der Waals surface area contributed by atoms with Crippen molar-refractivity contribution in [3.05, 3.63) is 99.6 Å². The number of aromatic amines is 1. The van der Waals surface area contributed by atoms with Crippen molar-refractivity contribution in [3.63, 3.8) is 0 Å². The third kappa shape index (κ3) is 10.8. The van der Waals surface area contributed by atoms with Crippen molar-refractivity contribution in [2.75, 3.05) is 56.7 Å². The number of nitrogens with zero attached hydrogens (tertiary/aromatic N) is 5. The number of hydrogen-bond donors (Lipinski definition) is 4. The normalized spacial score (nSPS) is 22.9. The number of aliphatic hydroxyl groups is 1. The molecule has 1 spiro atoms. The number of benzene rings is 2. The van der Waals surface area contributed by atoms with Gasteiger partial charge in [0.15, 0.2) is 5.75 Å². The van der Waals surface area contributed by atoms with Gasteiger partial charge in [0.1, 0.15) is 28.7 Å². The molecule has 3 atom stereocenters. The Balaban J connectivity index is 0.951. The number of H-pyrrole nitrogens is 1. The average molecular weight is 997 g/mol. The molecule has 0 radical (unpaired) electrons. The average Bonchev–Trinajstić information content (AvgIpc) is 3.97. The van der Waals surface area contributed by atoms with Gasteiger partial charge in [-0.15, -0.1) is 0 Å². The lowest BCUT2D eigenvalue weighted by Crippen LogP contribution is -2.63. The van der Waals surface area contributed by atoms with Gasteiger partial charge in [-0.05, 0) is 112 Å². The van der Waals surface area contributed by atoms with E-state index in [1.165, 1.54) is 49.6 Å². The largest absolute Gasteiger partial charge is 0.472 e. The quantitative estimate of drug-likeness (QED) is 0.0506. The molecule has 2 aliphatic carbocycles. The Morgan fingerprint density at radius 1 is 1.03 bits per heavy atom. The maximum Gasteiger partial charge on any atom is 0.312 e. The van der Waals surface area contributed by atoms with Crippen molar-refractivity contribution in [3.8, 4) is 17.4 Å². The number of anilines is 2. The van der Waals surface area contributed by atoms with Gasteiger partial charge in [0.05, 0.1) is 33.8 Å². The van der Waals surface area contributed by atoms with Crippen LogP contribution in [-0.2, 0) is 14.8 Å². The maximum absolute atomic E-state index is 15.0. The fraction of sp³-hybridized carbons (Fsp3) is 0.519. The van der Waals surface area contributed by atoms with Gasteiger partial charge in [-0.1, -0.05) is 44.5 Å². The number of likely N-dealkylation sites (tertiary alicyclic amines) is 1. The molecule has 19 heteroatoms. The van der Waals surface area contributed by atoms with Gasteiger partial charge < -0.3 is 34.5 Å². The van der Waals surface area contributed by atoms with Crippen LogP contribution in [0, 0.1) is 27.3 Å². The number of sulfonamides is 1. The van der Waals surface area contributed by atoms with Crippen molar-refractivity contribution < 1.29 is 41.8 Å². The second-order valence-corrected chi connectivity index (χ2v) is 22.5. The Kier molecular flexibility index (Phi) is 14.3. The highest BCUT2D eigenvalue weighted by molar-refractivity contribution is 7.90. The standard InChI is InChI=1S/C52H65FN8O9S/c1-32(2)37-9-6-7-10-38(37)39-11-8-12-43(39)60-30-52(31-60)19-21-59(22-20-52)35-13-14-40(45(23-35)70-46-25-41-42(53)28-56-47(41)57-50(46)69-29-33(3)68-5)49(62)58-71(66,67)36-24-44(61(64)65)48(55-27-36)54-26-34-15-17-51(4,63)18-16-34/h6-7,9-10,13-14,23-25,27-28,32-34,39,43,63H,8,11-12,15-22,26,29-31H2,1-5H3,(H,54,55)(H,56,57)(H,58,62)/t33?,34?,39-,43-,51?/m0/s1. The number of pyridine rings is 2. The zero-order chi connectivity index (χ0) is 50.2. The first kappa shape index (κ1) is 50.1. The summed E-state index contributed by atoms with van der Waals surface area (Å²) in [6.07, 6.45) is 9.92. The van der Waals surface area contributed by atoms with Crippen LogP contribution in [0.25, 0.3) is 11.0 Å². The number of piperidine rings is 1. The number of carbonyl (C=O) groups is 1. The molecule has 1 amide bonds. The van der Waals surface area contributed by atoms with Crippen LogP contribution >= 0.6 is 0 Å². The first-order valence-electron chi connectivity index (χ1n) is 24.8. The number of carbonyl (C=O) groups excluding carboxylic acids is 1. The van der Waals surface area contributed by atoms with E-state index in [1.807, 2.05) is 0 Å². The lowest BCUT2D eigenvalue weighted by molar-refractivity contribution is -0.384. The van der Waals surface area contributed by atoms with Gasteiger partial charge in [-0.2, -0.15) is 4.98 Å². The molecule has 2 saturated carbocycles. The van der Waals surface area contributed by atoms with Crippen LogP contribution in [0.3, 0.4) is 0 Å². The molecular weight excluding hydrogens is 932 g/mol. The minimum atomic E-state index is -4.75. The Morgan fingerprint density at radius 2 is 1.77 bits per heavy atom. The van der Waals surface area contributed by atoms with Gasteiger partial charge in [-0.3, -0.25) is 19.8 Å². The summed E-state index contributed by atoms with van der Waals surface area (Å²) in [5, 5.41) is 25.6. The molecule has 4 fully saturated rings. The maximum atomic E-state index is 15.0. The monoisotopic (exact) mass is 996 g/mol. The predicted octanol–water partition coefficient (Wildman–Crippen LogP) is 9.04. The molecule has 5 aromatic rings. The number of ether oxygens (including phenoxy) is 3. The Hall–Kier alpha value is -5.89. The van der Waals surface area contributed by atoms with E-state index in [9.17, 15) is 28.4 Å². The van der Waals surface area contributed by atoms with Crippen molar-refractivity contribution in [1.82, 2.24) is 24.6 Å². The molecule has 3 aromatic heterocycles. The Morgan fingerprint density at radius 3 is 2.49 bits per heavy atom. The van der Waals surface area contributed by atoms with Crippen molar-refractivity contribution in [1.29, 1.82) is 0 Å². The SMILES string of the molecule is COC(C)COc1nc2[nH]cc(F)c2cc1Oc1cc(N2CCC3(CC2)CN([C@H]2CCC[C@H]2c2ccccc2C(C)C)C3)ccc1C(=O)NS(=O)(=O)c1cnc(NCC2CCC(C)(O)CC2)c([N+](=O)[O-])c1. The topological polar surface area (TPSA) is 214 Å². The molecule has 1 unspecified atom stereocenters. The van der Waals surface area contributed by atoms with Crippen LogP contribution in [-0.4, -0.2) is 108 Å². The van der Waals surface area contributed by atoms with Crippen LogP contribution in [0.2, 0.25) is 0 Å². The third-order valence-electron chi connectivity index (χ3n) is 15.4. The first-order chi connectivity index (χ1) is 33.9. The number of fused-ring (bicyclic) bond motifs is 1. The lowest BCUT2D eigenvalue weighted by atomic mass is 9.70. The molecular formula is C52H65FN8O9S. The molecule has 2 aliphatic heterocycles. The second-order valence-electron chi connectivity index (χ2n) is 20.8. The number of hydrogen-bond acceptors (Lipinski definition) is 14. The van der Waals surface area contributed by atoms with E-state index in [4.69, 9.17) is 14.2 Å². The van der Waals surface area contributed by atoms with Crippen LogP contribution in [0.4, 0.5) is 21.6 Å². The summed E-state index contributed by atoms with van der Waals surface area (Å²) in [6, 6.07) is 16.6. The van der Waals surface area contributed by atoms with Crippen molar-refractivity contribution >= 4 is 44.2 Å². The number of nitro groups is 1. The smallest absolute Gasteiger partial charge is 0.312 e. The lowest BCUT2D eigenvalue weighted by Gasteiger charge is -2.57. The highest BCUT2D eigenvalue weighted by atomic mass is 32.2. The van der Waals surface area contributed by atoms with Gasteiger partial charge in [0, 0.05) is 76.0 Å². The summed E-state index contributed by atoms with van der Waals surface area (Å²) in [5.41, 5.74) is 2.54. The third-order valence-corrected chi connectivity index (χ3v) is 16.7. The fourth-order valence-corrected chi connectivity index (χ4v) is 12.0. The number of halogens is 1. The van der Waals surface area contributed by atoms with Crippen LogP contribution in [0.15, 0.2) is 71.9 Å². The summed E-state index contributed by atoms with van der Waals surface area (Å²) in [4.78, 5) is 41.4. The second kappa shape index (κ2) is 20.3. The van der Waals surface area contributed by atoms with Gasteiger partial charge in [0.25, 0.3) is 21.8 Å². The van der Waals surface area contributed by atoms with E-state index < -0.39 is 42.9 Å². The zero-order valence-electron chi connectivity index (χ0n) is 41.1. The van der Waals surface area contributed by atoms with E-state index >= 15 is 4.39 Å². The number of methoxy groups -OCH3 is 1.